The predicted molar refractivity (Wildman–Crippen MR) is 70.5 cm³/mol. The number of carbonyl (C=O) groups excluding carboxylic acids is 1. The highest BCUT2D eigenvalue weighted by atomic mass is 16.5. The molecule has 0 N–H and O–H groups in total. The Morgan fingerprint density at radius 3 is 2.58 bits per heavy atom. The standard InChI is InChI=1S/C13H18N4O2/c1-8(2)17-12(11(19-5)7-14-17)13(18)10-6-9(3)15-16(10)4/h6-8H,1-5H3. The third-order valence-electron chi connectivity index (χ3n) is 2.92. The van der Waals surface area contributed by atoms with E-state index in [1.165, 1.54) is 7.11 Å². The topological polar surface area (TPSA) is 61.9 Å². The molecule has 6 nitrogen and oxygen atoms in total. The SMILES string of the molecule is COc1cnn(C(C)C)c1C(=O)c1cc(C)nn1C. The molecule has 6 heteroatoms. The first kappa shape index (κ1) is 13.3. The lowest BCUT2D eigenvalue weighted by atomic mass is 10.2. The number of nitrogens with zero attached hydrogens (tertiary/aromatic N) is 4. The number of hydrogen-bond donors (Lipinski definition) is 0. The Kier molecular flexibility index (Phi) is 3.42. The van der Waals surface area contributed by atoms with Gasteiger partial charge in [-0.2, -0.15) is 10.2 Å². The summed E-state index contributed by atoms with van der Waals surface area (Å²) in [6.45, 7) is 5.79. The van der Waals surface area contributed by atoms with E-state index < -0.39 is 0 Å². The molecule has 0 saturated carbocycles. The predicted octanol–water partition coefficient (Wildman–Crippen LogP) is 1.75. The maximum atomic E-state index is 12.6. The van der Waals surface area contributed by atoms with Crippen LogP contribution in [-0.2, 0) is 7.05 Å². The Morgan fingerprint density at radius 2 is 2.11 bits per heavy atom. The number of hydrogen-bond acceptors (Lipinski definition) is 4. The number of aryl methyl sites for hydroxylation is 2. The highest BCUT2D eigenvalue weighted by molar-refractivity contribution is 6.08. The first-order valence-electron chi connectivity index (χ1n) is 6.12. The van der Waals surface area contributed by atoms with E-state index in [4.69, 9.17) is 4.74 Å². The Labute approximate surface area is 112 Å². The molecule has 0 spiro atoms. The van der Waals surface area contributed by atoms with Crippen molar-refractivity contribution in [2.45, 2.75) is 26.8 Å². The highest BCUT2D eigenvalue weighted by Crippen LogP contribution is 2.24. The van der Waals surface area contributed by atoms with Crippen LogP contribution in [0.4, 0.5) is 0 Å². The molecule has 0 radical (unpaired) electrons. The number of carbonyl (C=O) groups is 1. The smallest absolute Gasteiger partial charge is 0.232 e. The normalized spacial score (nSPS) is 11.1. The van der Waals surface area contributed by atoms with Gasteiger partial charge in [0, 0.05) is 13.1 Å². The fourth-order valence-corrected chi connectivity index (χ4v) is 2.05. The summed E-state index contributed by atoms with van der Waals surface area (Å²) in [5.74, 6) is 0.351. The van der Waals surface area contributed by atoms with Crippen LogP contribution in [0, 0.1) is 6.92 Å². The van der Waals surface area contributed by atoms with Gasteiger partial charge in [-0.1, -0.05) is 0 Å². The molecule has 0 saturated heterocycles. The molecular weight excluding hydrogens is 244 g/mol. The van der Waals surface area contributed by atoms with Gasteiger partial charge in [-0.05, 0) is 26.8 Å². The quantitative estimate of drug-likeness (QED) is 0.787. The molecular formula is C13H18N4O2. The lowest BCUT2D eigenvalue weighted by Gasteiger charge is -2.11. The Bertz CT molecular complexity index is 610. The summed E-state index contributed by atoms with van der Waals surface area (Å²) in [4.78, 5) is 12.6. The molecule has 102 valence electrons. The number of ether oxygens (including phenoxy) is 1. The fourth-order valence-electron chi connectivity index (χ4n) is 2.05. The van der Waals surface area contributed by atoms with Gasteiger partial charge in [-0.3, -0.25) is 14.2 Å². The van der Waals surface area contributed by atoms with Crippen molar-refractivity contribution >= 4 is 5.78 Å². The molecule has 0 aliphatic rings. The van der Waals surface area contributed by atoms with Crippen LogP contribution in [0.3, 0.4) is 0 Å². The second-order valence-corrected chi connectivity index (χ2v) is 4.72. The van der Waals surface area contributed by atoms with Crippen molar-refractivity contribution in [3.05, 3.63) is 29.3 Å². The third-order valence-corrected chi connectivity index (χ3v) is 2.92. The molecule has 2 aromatic rings. The van der Waals surface area contributed by atoms with Gasteiger partial charge in [0.1, 0.15) is 5.69 Å². The van der Waals surface area contributed by atoms with E-state index in [0.717, 1.165) is 5.69 Å². The zero-order valence-corrected chi connectivity index (χ0v) is 11.8. The van der Waals surface area contributed by atoms with Crippen LogP contribution >= 0.6 is 0 Å². The summed E-state index contributed by atoms with van der Waals surface area (Å²) in [5, 5.41) is 8.41. The molecule has 0 atom stereocenters. The van der Waals surface area contributed by atoms with Crippen LogP contribution in [0.25, 0.3) is 0 Å². The molecule has 0 amide bonds. The summed E-state index contributed by atoms with van der Waals surface area (Å²) in [7, 11) is 3.29. The van der Waals surface area contributed by atoms with E-state index in [9.17, 15) is 4.79 Å². The molecule has 0 aliphatic heterocycles. The van der Waals surface area contributed by atoms with Gasteiger partial charge in [0.05, 0.1) is 19.0 Å². The van der Waals surface area contributed by atoms with Crippen molar-refractivity contribution in [1.82, 2.24) is 19.6 Å². The average Bonchev–Trinajstić information content (AvgIpc) is 2.91. The lowest BCUT2D eigenvalue weighted by Crippen LogP contribution is -2.16. The van der Waals surface area contributed by atoms with E-state index >= 15 is 0 Å². The summed E-state index contributed by atoms with van der Waals surface area (Å²) >= 11 is 0. The van der Waals surface area contributed by atoms with Crippen LogP contribution < -0.4 is 4.74 Å². The van der Waals surface area contributed by atoms with Crippen molar-refractivity contribution in [2.75, 3.05) is 7.11 Å². The summed E-state index contributed by atoms with van der Waals surface area (Å²) in [6, 6.07) is 1.84. The van der Waals surface area contributed by atoms with Crippen LogP contribution in [-0.4, -0.2) is 32.5 Å². The van der Waals surface area contributed by atoms with Gasteiger partial charge in [0.2, 0.25) is 5.78 Å². The molecule has 19 heavy (non-hydrogen) atoms. The first-order chi connectivity index (χ1) is 8.95. The van der Waals surface area contributed by atoms with Crippen molar-refractivity contribution < 1.29 is 9.53 Å². The summed E-state index contributed by atoms with van der Waals surface area (Å²) < 4.78 is 8.48. The Hall–Kier alpha value is -2.11. The van der Waals surface area contributed by atoms with Gasteiger partial charge >= 0.3 is 0 Å². The number of rotatable bonds is 4. The lowest BCUT2D eigenvalue weighted by molar-refractivity contribution is 0.101. The zero-order chi connectivity index (χ0) is 14.2. The monoisotopic (exact) mass is 262 g/mol. The third kappa shape index (κ3) is 2.25. The maximum Gasteiger partial charge on any atom is 0.232 e. The molecule has 0 aromatic carbocycles. The van der Waals surface area contributed by atoms with Crippen LogP contribution in [0.2, 0.25) is 0 Å². The van der Waals surface area contributed by atoms with Gasteiger partial charge in [0.15, 0.2) is 11.4 Å². The summed E-state index contributed by atoms with van der Waals surface area (Å²) in [5.41, 5.74) is 1.79. The highest BCUT2D eigenvalue weighted by Gasteiger charge is 2.24. The maximum absolute atomic E-state index is 12.6. The number of aromatic nitrogens is 4. The summed E-state index contributed by atoms with van der Waals surface area (Å²) in [6.07, 6.45) is 1.57. The van der Waals surface area contributed by atoms with Crippen molar-refractivity contribution in [3.63, 3.8) is 0 Å². The fraction of sp³-hybridized carbons (Fsp3) is 0.462. The van der Waals surface area contributed by atoms with Gasteiger partial charge in [-0.25, -0.2) is 0 Å². The molecule has 0 unspecified atom stereocenters. The first-order valence-corrected chi connectivity index (χ1v) is 6.12. The van der Waals surface area contributed by atoms with E-state index in [2.05, 4.69) is 10.2 Å². The minimum atomic E-state index is -0.133. The second kappa shape index (κ2) is 4.87. The van der Waals surface area contributed by atoms with Gasteiger partial charge in [0.25, 0.3) is 0 Å². The molecule has 0 bridgehead atoms. The average molecular weight is 262 g/mol. The van der Waals surface area contributed by atoms with Crippen LogP contribution in [0.5, 0.6) is 5.75 Å². The van der Waals surface area contributed by atoms with Gasteiger partial charge in [-0.15, -0.1) is 0 Å². The van der Waals surface area contributed by atoms with Gasteiger partial charge < -0.3 is 4.74 Å². The minimum Gasteiger partial charge on any atom is -0.493 e. The molecule has 2 rings (SSSR count). The van der Waals surface area contributed by atoms with E-state index in [1.54, 1.807) is 28.7 Å². The Morgan fingerprint density at radius 1 is 1.42 bits per heavy atom. The molecule has 0 fully saturated rings. The van der Waals surface area contributed by atoms with Crippen molar-refractivity contribution in [1.29, 1.82) is 0 Å². The second-order valence-electron chi connectivity index (χ2n) is 4.72. The van der Waals surface area contributed by atoms with E-state index in [1.807, 2.05) is 20.8 Å². The molecule has 2 aromatic heterocycles. The van der Waals surface area contributed by atoms with Crippen LogP contribution in [0.1, 0.15) is 41.8 Å². The van der Waals surface area contributed by atoms with E-state index in [-0.39, 0.29) is 11.8 Å². The van der Waals surface area contributed by atoms with E-state index in [0.29, 0.717) is 17.1 Å². The zero-order valence-electron chi connectivity index (χ0n) is 11.8. The minimum absolute atomic E-state index is 0.0807. The number of methoxy groups -OCH3 is 1. The van der Waals surface area contributed by atoms with Crippen LogP contribution in [0.15, 0.2) is 12.3 Å². The Balaban J connectivity index is 2.54. The van der Waals surface area contributed by atoms with Crippen molar-refractivity contribution in [3.8, 4) is 5.75 Å². The molecule has 0 aliphatic carbocycles. The number of ketones is 1. The largest absolute Gasteiger partial charge is 0.493 e. The van der Waals surface area contributed by atoms with Crippen molar-refractivity contribution in [2.24, 2.45) is 7.05 Å². The molecule has 2 heterocycles.